The van der Waals surface area contributed by atoms with Gasteiger partial charge in [0, 0.05) is 13.0 Å². The highest BCUT2D eigenvalue weighted by atomic mass is 16.5. The van der Waals surface area contributed by atoms with E-state index in [1.165, 1.54) is 25.6 Å². The number of aromatic amines is 1. The lowest BCUT2D eigenvalue weighted by Gasteiger charge is -2.28. The molecule has 1 saturated carbocycles. The summed E-state index contributed by atoms with van der Waals surface area (Å²) in [7, 11) is 0. The number of nitrogens with zero attached hydrogens (tertiary/aromatic N) is 4. The molecule has 0 unspecified atom stereocenters. The molecule has 2 aromatic rings. The molecule has 0 atom stereocenters. The molecule has 1 N–H and O–H groups in total. The van der Waals surface area contributed by atoms with Crippen molar-refractivity contribution in [3.8, 4) is 5.88 Å². The van der Waals surface area contributed by atoms with E-state index in [4.69, 9.17) is 4.74 Å². The number of nitrogens with one attached hydrogen (secondary N) is 1. The lowest BCUT2D eigenvalue weighted by molar-refractivity contribution is 0.148. The maximum absolute atomic E-state index is 12.0. The number of anilines is 1. The molecule has 1 aliphatic carbocycles. The molecule has 7 heteroatoms. The van der Waals surface area contributed by atoms with Crippen molar-refractivity contribution >= 4 is 5.82 Å². The van der Waals surface area contributed by atoms with Gasteiger partial charge in [0.05, 0.1) is 36.5 Å². The smallest absolute Gasteiger partial charge is 0.255 e. The van der Waals surface area contributed by atoms with Crippen molar-refractivity contribution < 1.29 is 4.74 Å². The third-order valence-corrected chi connectivity index (χ3v) is 4.77. The van der Waals surface area contributed by atoms with Crippen molar-refractivity contribution in [3.05, 3.63) is 40.3 Å². The molecule has 4 rings (SSSR count). The van der Waals surface area contributed by atoms with Gasteiger partial charge in [0.1, 0.15) is 6.10 Å². The van der Waals surface area contributed by atoms with E-state index in [0.29, 0.717) is 18.0 Å². The fraction of sp³-hybridized carbons (Fsp3) is 0.529. The van der Waals surface area contributed by atoms with Crippen LogP contribution in [0.3, 0.4) is 0 Å². The molecule has 0 aromatic carbocycles. The number of rotatable bonds is 3. The van der Waals surface area contributed by atoms with Crippen LogP contribution in [0, 0.1) is 0 Å². The van der Waals surface area contributed by atoms with Gasteiger partial charge in [-0.15, -0.1) is 0 Å². The normalized spacial score (nSPS) is 18.2. The average Bonchev–Trinajstić information content (AvgIpc) is 2.63. The molecule has 1 aliphatic heterocycles. The lowest BCUT2D eigenvalue weighted by Crippen LogP contribution is -2.36. The third kappa shape index (κ3) is 3.11. The second-order valence-electron chi connectivity index (χ2n) is 6.42. The van der Waals surface area contributed by atoms with Gasteiger partial charge >= 0.3 is 0 Å². The van der Waals surface area contributed by atoms with Gasteiger partial charge in [-0.25, -0.2) is 4.98 Å². The van der Waals surface area contributed by atoms with Crippen LogP contribution in [0.15, 0.2) is 23.5 Å². The summed E-state index contributed by atoms with van der Waals surface area (Å²) in [6.45, 7) is 1.27. The van der Waals surface area contributed by atoms with Crippen LogP contribution in [0.4, 0.5) is 5.82 Å². The number of aromatic nitrogens is 4. The van der Waals surface area contributed by atoms with Gasteiger partial charge in [0.2, 0.25) is 5.88 Å². The minimum Gasteiger partial charge on any atom is -0.473 e. The Morgan fingerprint density at radius 3 is 2.96 bits per heavy atom. The fourth-order valence-corrected chi connectivity index (χ4v) is 3.45. The van der Waals surface area contributed by atoms with E-state index in [1.54, 1.807) is 12.4 Å². The maximum atomic E-state index is 12.0. The summed E-state index contributed by atoms with van der Waals surface area (Å²) in [4.78, 5) is 29.8. The van der Waals surface area contributed by atoms with Crippen LogP contribution in [0.2, 0.25) is 0 Å². The zero-order valence-electron chi connectivity index (χ0n) is 13.6. The average molecular weight is 327 g/mol. The van der Waals surface area contributed by atoms with Crippen LogP contribution in [0.1, 0.15) is 43.4 Å². The summed E-state index contributed by atoms with van der Waals surface area (Å²) in [5.41, 5.74) is 1.51. The van der Waals surface area contributed by atoms with Crippen LogP contribution < -0.4 is 15.2 Å². The standard InChI is InChI=1S/C17H21N5O2/c23-17-13-10-22(7-6-14(13)19-11-20-17)15-8-18-9-16(21-15)24-12-4-2-1-3-5-12/h8-9,11-12H,1-7,10H2,(H,19,20,23). The van der Waals surface area contributed by atoms with E-state index in [0.717, 1.165) is 37.3 Å². The highest BCUT2D eigenvalue weighted by Gasteiger charge is 2.22. The number of fused-ring (bicyclic) bond motifs is 1. The summed E-state index contributed by atoms with van der Waals surface area (Å²) in [5.74, 6) is 1.32. The number of ether oxygens (including phenoxy) is 1. The molecule has 0 saturated heterocycles. The summed E-state index contributed by atoms with van der Waals surface area (Å²) in [6.07, 6.45) is 11.7. The van der Waals surface area contributed by atoms with Crippen molar-refractivity contribution in [2.45, 2.75) is 51.2 Å². The van der Waals surface area contributed by atoms with Gasteiger partial charge in [-0.3, -0.25) is 9.78 Å². The predicted octanol–water partition coefficient (Wildman–Crippen LogP) is 1.83. The SMILES string of the molecule is O=c1[nH]cnc2c1CN(c1cncc(OC3CCCCC3)n1)CC2. The third-order valence-electron chi connectivity index (χ3n) is 4.77. The van der Waals surface area contributed by atoms with Crippen molar-refractivity contribution in [2.75, 3.05) is 11.4 Å². The van der Waals surface area contributed by atoms with Crippen molar-refractivity contribution in [1.82, 2.24) is 19.9 Å². The Labute approximate surface area is 140 Å². The van der Waals surface area contributed by atoms with Gasteiger partial charge in [-0.1, -0.05) is 6.42 Å². The molecule has 1 fully saturated rings. The van der Waals surface area contributed by atoms with E-state index in [-0.39, 0.29) is 11.7 Å². The Balaban J connectivity index is 1.51. The number of H-pyrrole nitrogens is 1. The summed E-state index contributed by atoms with van der Waals surface area (Å²) in [5, 5.41) is 0. The minimum absolute atomic E-state index is 0.0766. The Bertz CT molecular complexity index is 770. The van der Waals surface area contributed by atoms with E-state index in [2.05, 4.69) is 24.8 Å². The van der Waals surface area contributed by atoms with Gasteiger partial charge in [0.15, 0.2) is 5.82 Å². The molecular formula is C17H21N5O2. The van der Waals surface area contributed by atoms with Crippen molar-refractivity contribution in [1.29, 1.82) is 0 Å². The molecule has 7 nitrogen and oxygen atoms in total. The van der Waals surface area contributed by atoms with Crippen LogP contribution >= 0.6 is 0 Å². The first kappa shape index (κ1) is 15.1. The van der Waals surface area contributed by atoms with Crippen LogP contribution in [-0.4, -0.2) is 32.6 Å². The highest BCUT2D eigenvalue weighted by Crippen LogP contribution is 2.24. The molecule has 2 aliphatic rings. The summed E-state index contributed by atoms with van der Waals surface area (Å²) in [6, 6.07) is 0. The molecule has 126 valence electrons. The van der Waals surface area contributed by atoms with Gasteiger partial charge < -0.3 is 14.6 Å². The van der Waals surface area contributed by atoms with Crippen molar-refractivity contribution in [2.24, 2.45) is 0 Å². The van der Waals surface area contributed by atoms with E-state index >= 15 is 0 Å². The summed E-state index contributed by atoms with van der Waals surface area (Å²) < 4.78 is 6.00. The number of hydrogen-bond acceptors (Lipinski definition) is 6. The lowest BCUT2D eigenvalue weighted by atomic mass is 9.98. The van der Waals surface area contributed by atoms with Crippen molar-refractivity contribution in [3.63, 3.8) is 0 Å². The predicted molar refractivity (Wildman–Crippen MR) is 89.1 cm³/mol. The Kier molecular flexibility index (Phi) is 4.15. The molecule has 0 spiro atoms. The Morgan fingerprint density at radius 2 is 2.08 bits per heavy atom. The zero-order valence-corrected chi connectivity index (χ0v) is 13.6. The van der Waals surface area contributed by atoms with Crippen LogP contribution in [0.5, 0.6) is 5.88 Å². The van der Waals surface area contributed by atoms with Gasteiger partial charge in [-0.2, -0.15) is 4.98 Å². The second kappa shape index (κ2) is 6.59. The quantitative estimate of drug-likeness (QED) is 0.926. The first-order valence-electron chi connectivity index (χ1n) is 8.59. The second-order valence-corrected chi connectivity index (χ2v) is 6.42. The zero-order chi connectivity index (χ0) is 16.4. The monoisotopic (exact) mass is 327 g/mol. The molecule has 2 aromatic heterocycles. The molecule has 0 radical (unpaired) electrons. The minimum atomic E-state index is -0.0766. The molecule has 24 heavy (non-hydrogen) atoms. The molecule has 0 amide bonds. The molecular weight excluding hydrogens is 306 g/mol. The largest absolute Gasteiger partial charge is 0.473 e. The topological polar surface area (TPSA) is 84.0 Å². The first-order chi connectivity index (χ1) is 11.8. The molecule has 3 heterocycles. The van der Waals surface area contributed by atoms with Crippen LogP contribution in [-0.2, 0) is 13.0 Å². The molecule has 0 bridgehead atoms. The van der Waals surface area contributed by atoms with E-state index in [1.807, 2.05) is 0 Å². The Hall–Kier alpha value is -2.44. The first-order valence-corrected chi connectivity index (χ1v) is 8.59. The summed E-state index contributed by atoms with van der Waals surface area (Å²) >= 11 is 0. The van der Waals surface area contributed by atoms with Gasteiger partial charge in [-0.05, 0) is 25.7 Å². The Morgan fingerprint density at radius 1 is 1.21 bits per heavy atom. The van der Waals surface area contributed by atoms with Crippen LogP contribution in [0.25, 0.3) is 0 Å². The van der Waals surface area contributed by atoms with E-state index in [9.17, 15) is 4.79 Å². The number of hydrogen-bond donors (Lipinski definition) is 1. The van der Waals surface area contributed by atoms with E-state index < -0.39 is 0 Å². The highest BCUT2D eigenvalue weighted by molar-refractivity contribution is 5.41. The maximum Gasteiger partial charge on any atom is 0.255 e. The fourth-order valence-electron chi connectivity index (χ4n) is 3.45. The van der Waals surface area contributed by atoms with Gasteiger partial charge in [0.25, 0.3) is 5.56 Å².